The van der Waals surface area contributed by atoms with E-state index in [0.717, 1.165) is 41.7 Å². The minimum Gasteiger partial charge on any atom is -0.487 e. The zero-order valence-electron chi connectivity index (χ0n) is 22.8. The second-order valence-electron chi connectivity index (χ2n) is 9.97. The first-order valence-corrected chi connectivity index (χ1v) is 14.6. The molecule has 0 aliphatic heterocycles. The fourth-order valence-electron chi connectivity index (χ4n) is 4.75. The van der Waals surface area contributed by atoms with E-state index in [0.29, 0.717) is 18.4 Å². The van der Waals surface area contributed by atoms with Gasteiger partial charge >= 0.3 is 5.97 Å². The van der Waals surface area contributed by atoms with Crippen molar-refractivity contribution in [3.63, 3.8) is 0 Å². The van der Waals surface area contributed by atoms with E-state index in [1.54, 1.807) is 5.38 Å². The van der Waals surface area contributed by atoms with Crippen LogP contribution in [0.25, 0.3) is 0 Å². The van der Waals surface area contributed by atoms with Crippen LogP contribution in [0.1, 0.15) is 87.1 Å². The van der Waals surface area contributed by atoms with Crippen molar-refractivity contribution in [2.75, 3.05) is 13.7 Å². The third-order valence-corrected chi connectivity index (χ3v) is 8.02. The molecular formula is C28H41N3O5S2. The smallest absolute Gasteiger partial charge is 0.353 e. The van der Waals surface area contributed by atoms with Crippen molar-refractivity contribution >= 4 is 46.4 Å². The second kappa shape index (κ2) is 16.4. The second-order valence-corrected chi connectivity index (χ2v) is 11.4. The van der Waals surface area contributed by atoms with Gasteiger partial charge in [-0.2, -0.15) is 0 Å². The number of nitrogens with zero attached hydrogens (tertiary/aromatic N) is 1. The molecule has 0 spiro atoms. The molecule has 38 heavy (non-hydrogen) atoms. The summed E-state index contributed by atoms with van der Waals surface area (Å²) in [6, 6.07) is 0. The molecule has 1 aliphatic carbocycles. The van der Waals surface area contributed by atoms with Crippen molar-refractivity contribution in [2.24, 2.45) is 17.8 Å². The number of hydrogen-bond acceptors (Lipinski definition) is 8. The fraction of sp³-hybridized carbons (Fsp3) is 0.607. The number of methoxy groups -OCH3 is 1. The van der Waals surface area contributed by atoms with Gasteiger partial charge in [-0.3, -0.25) is 9.59 Å². The molecule has 3 atom stereocenters. The van der Waals surface area contributed by atoms with Gasteiger partial charge in [0.05, 0.1) is 24.4 Å². The maximum absolute atomic E-state index is 12.6. The van der Waals surface area contributed by atoms with Gasteiger partial charge in [0.1, 0.15) is 11.4 Å². The molecule has 3 unspecified atom stereocenters. The molecule has 2 N–H and O–H groups in total. The number of thiazole rings is 1. The third kappa shape index (κ3) is 11.0. The molecular weight excluding hydrogens is 522 g/mol. The normalized spacial score (nSPS) is 18.3. The van der Waals surface area contributed by atoms with Crippen molar-refractivity contribution in [3.05, 3.63) is 40.6 Å². The van der Waals surface area contributed by atoms with Gasteiger partial charge < -0.3 is 20.1 Å². The molecule has 1 fully saturated rings. The lowest BCUT2D eigenvalue weighted by Gasteiger charge is -2.26. The minimum absolute atomic E-state index is 0.213. The Morgan fingerprint density at radius 1 is 1.13 bits per heavy atom. The van der Waals surface area contributed by atoms with E-state index in [2.05, 4.69) is 40.4 Å². The summed E-state index contributed by atoms with van der Waals surface area (Å²) in [5.74, 6) is -0.138. The highest BCUT2D eigenvalue weighted by molar-refractivity contribution is 7.80. The molecule has 0 radical (unpaired) electrons. The molecule has 1 aliphatic rings. The number of aromatic nitrogens is 1. The van der Waals surface area contributed by atoms with Crippen LogP contribution in [0.5, 0.6) is 0 Å². The minimum atomic E-state index is -0.779. The number of hydrogen-bond donors (Lipinski definition) is 2. The van der Waals surface area contributed by atoms with Crippen LogP contribution in [-0.2, 0) is 25.5 Å². The highest BCUT2D eigenvalue weighted by atomic mass is 32.1. The van der Waals surface area contributed by atoms with Gasteiger partial charge in [0.2, 0.25) is 0 Å². The number of thiocarbonyl (C=S) groups is 1. The molecule has 1 aromatic heterocycles. The fourth-order valence-corrected chi connectivity index (χ4v) is 5.88. The Balaban J connectivity index is 1.82. The first-order valence-electron chi connectivity index (χ1n) is 13.3. The predicted octanol–water partition coefficient (Wildman–Crippen LogP) is 5.49. The first kappa shape index (κ1) is 31.6. The molecule has 8 nitrogen and oxygen atoms in total. The van der Waals surface area contributed by atoms with Crippen LogP contribution >= 0.6 is 23.6 Å². The Kier molecular flexibility index (Phi) is 13.6. The lowest BCUT2D eigenvalue weighted by atomic mass is 9.80. The van der Waals surface area contributed by atoms with Crippen molar-refractivity contribution < 1.29 is 23.9 Å². The molecule has 2 rings (SSSR count). The maximum atomic E-state index is 12.6. The van der Waals surface area contributed by atoms with Crippen LogP contribution in [0.2, 0.25) is 0 Å². The first-order chi connectivity index (χ1) is 18.1. The summed E-state index contributed by atoms with van der Waals surface area (Å²) in [6.07, 6.45) is 11.3. The standard InChI is InChI=1S/C28H41N3O5S2/c1-6-36-25(37)14-11-18(2)15-21-9-7-8-10-22(13-12-21)16-24-31-23(17-38-24)27(33)29-19(3)26(32)30-20(4)28(34)35-5/h17-18,21-22H,3-4,6-16H2,1-2,5H3,(H,29,33)(H,30,32). The van der Waals surface area contributed by atoms with Gasteiger partial charge in [0.25, 0.3) is 11.8 Å². The van der Waals surface area contributed by atoms with Gasteiger partial charge in [0.15, 0.2) is 5.05 Å². The van der Waals surface area contributed by atoms with Crippen molar-refractivity contribution in [1.82, 2.24) is 15.6 Å². The largest absolute Gasteiger partial charge is 0.487 e. The third-order valence-electron chi connectivity index (χ3n) is 6.82. The summed E-state index contributed by atoms with van der Waals surface area (Å²) in [7, 11) is 1.18. The zero-order valence-corrected chi connectivity index (χ0v) is 24.4. The van der Waals surface area contributed by atoms with Crippen LogP contribution in [0.15, 0.2) is 29.9 Å². The number of carbonyl (C=O) groups is 3. The van der Waals surface area contributed by atoms with Gasteiger partial charge in [-0.05, 0) is 56.2 Å². The van der Waals surface area contributed by atoms with Gasteiger partial charge in [-0.1, -0.05) is 52.2 Å². The monoisotopic (exact) mass is 563 g/mol. The Bertz CT molecular complexity index is 1010. The van der Waals surface area contributed by atoms with Crippen molar-refractivity contribution in [3.8, 4) is 0 Å². The summed E-state index contributed by atoms with van der Waals surface area (Å²) < 4.78 is 9.90. The molecule has 0 saturated heterocycles. The van der Waals surface area contributed by atoms with Crippen LogP contribution in [0, 0.1) is 17.8 Å². The van der Waals surface area contributed by atoms with Crippen LogP contribution in [-0.4, -0.2) is 41.5 Å². The summed E-state index contributed by atoms with van der Waals surface area (Å²) in [6.45, 7) is 11.9. The van der Waals surface area contributed by atoms with Crippen LogP contribution in [0.4, 0.5) is 0 Å². The van der Waals surface area contributed by atoms with Crippen LogP contribution < -0.4 is 10.6 Å². The number of amides is 2. The molecule has 1 heterocycles. The quantitative estimate of drug-likeness (QED) is 0.186. The number of rotatable bonds is 13. The Morgan fingerprint density at radius 2 is 1.82 bits per heavy atom. The van der Waals surface area contributed by atoms with E-state index in [1.807, 2.05) is 6.92 Å². The summed E-state index contributed by atoms with van der Waals surface area (Å²) >= 11 is 6.74. The lowest BCUT2D eigenvalue weighted by molar-refractivity contribution is -0.137. The summed E-state index contributed by atoms with van der Waals surface area (Å²) in [5.41, 5.74) is -0.215. The molecule has 1 aromatic rings. The number of carbonyl (C=O) groups excluding carboxylic acids is 3. The molecule has 0 aromatic carbocycles. The van der Waals surface area contributed by atoms with Gasteiger partial charge in [0, 0.05) is 18.2 Å². The maximum Gasteiger partial charge on any atom is 0.353 e. The van der Waals surface area contributed by atoms with Crippen molar-refractivity contribution in [2.45, 2.75) is 78.1 Å². The van der Waals surface area contributed by atoms with Crippen LogP contribution in [0.3, 0.4) is 0 Å². The average molecular weight is 564 g/mol. The Morgan fingerprint density at radius 3 is 2.50 bits per heavy atom. The summed E-state index contributed by atoms with van der Waals surface area (Å²) in [4.78, 5) is 40.6. The number of esters is 1. The van der Waals surface area contributed by atoms with E-state index < -0.39 is 17.8 Å². The van der Waals surface area contributed by atoms with Crippen molar-refractivity contribution in [1.29, 1.82) is 0 Å². The topological polar surface area (TPSA) is 107 Å². The summed E-state index contributed by atoms with van der Waals surface area (Å²) in [5, 5.41) is 8.02. The van der Waals surface area contributed by atoms with E-state index in [9.17, 15) is 14.4 Å². The van der Waals surface area contributed by atoms with E-state index >= 15 is 0 Å². The molecule has 1 saturated carbocycles. The Hall–Kier alpha value is -2.59. The van der Waals surface area contributed by atoms with E-state index in [1.165, 1.54) is 57.0 Å². The van der Waals surface area contributed by atoms with E-state index in [4.69, 9.17) is 17.0 Å². The van der Waals surface area contributed by atoms with E-state index in [-0.39, 0.29) is 17.1 Å². The Labute approximate surface area is 235 Å². The number of nitrogens with one attached hydrogen (secondary N) is 2. The molecule has 10 heteroatoms. The SMILES string of the molecule is C=C(NC(=O)c1csc(CC2CCCCC(CC(C)CCC(=S)OCC)CC2)n1)C(=O)NC(=C)C(=O)OC. The molecule has 2 amide bonds. The average Bonchev–Trinajstić information content (AvgIpc) is 3.34. The van der Waals surface area contributed by atoms with Gasteiger partial charge in [-0.25, -0.2) is 9.78 Å². The molecule has 0 bridgehead atoms. The van der Waals surface area contributed by atoms with Gasteiger partial charge in [-0.15, -0.1) is 11.3 Å². The highest BCUT2D eigenvalue weighted by Gasteiger charge is 2.22. The number of ether oxygens (including phenoxy) is 2. The lowest BCUT2D eigenvalue weighted by Crippen LogP contribution is -2.35. The highest BCUT2D eigenvalue weighted by Crippen LogP contribution is 2.33. The zero-order chi connectivity index (χ0) is 28.1. The molecule has 210 valence electrons. The predicted molar refractivity (Wildman–Crippen MR) is 154 cm³/mol.